The van der Waals surface area contributed by atoms with E-state index in [1.54, 1.807) is 0 Å². The maximum absolute atomic E-state index is 12.8. The Morgan fingerprint density at radius 1 is 1.04 bits per heavy atom. The summed E-state index contributed by atoms with van der Waals surface area (Å²) in [6, 6.07) is 0.666. The summed E-state index contributed by atoms with van der Waals surface area (Å²) in [7, 11) is 0. The Balaban J connectivity index is 1.36. The standard InChI is InChI=1S/C21H37N3O3/c1-2-27-20(25)8-5-17-3-6-19(7-4-17)24-16-15-23(21(24)26)14-11-18-9-12-22-13-10-18/h17-19,22H,2-16H2,1H3/t17-,19-. The van der Waals surface area contributed by atoms with Crippen LogP contribution in [0.5, 0.6) is 0 Å². The van der Waals surface area contributed by atoms with Crippen molar-refractivity contribution in [1.29, 1.82) is 0 Å². The van der Waals surface area contributed by atoms with Gasteiger partial charge in [-0.05, 0) is 83.2 Å². The Bertz CT molecular complexity index is 485. The highest BCUT2D eigenvalue weighted by Gasteiger charge is 2.35. The van der Waals surface area contributed by atoms with Crippen molar-refractivity contribution in [2.45, 2.75) is 70.8 Å². The molecule has 1 aliphatic carbocycles. The van der Waals surface area contributed by atoms with E-state index in [0.29, 0.717) is 25.0 Å². The first-order chi connectivity index (χ1) is 13.2. The van der Waals surface area contributed by atoms with E-state index in [2.05, 4.69) is 15.1 Å². The average molecular weight is 380 g/mol. The van der Waals surface area contributed by atoms with Gasteiger partial charge in [0.15, 0.2) is 0 Å². The first kappa shape index (κ1) is 20.4. The van der Waals surface area contributed by atoms with Gasteiger partial charge >= 0.3 is 12.0 Å². The Hall–Kier alpha value is -1.30. The molecule has 1 N–H and O–H groups in total. The minimum atomic E-state index is -0.0706. The lowest BCUT2D eigenvalue weighted by Crippen LogP contribution is -2.41. The maximum atomic E-state index is 12.8. The van der Waals surface area contributed by atoms with Crippen LogP contribution in [0.2, 0.25) is 0 Å². The number of ether oxygens (including phenoxy) is 1. The fourth-order valence-electron chi connectivity index (χ4n) is 4.96. The van der Waals surface area contributed by atoms with Gasteiger partial charge in [0, 0.05) is 32.1 Å². The van der Waals surface area contributed by atoms with Gasteiger partial charge in [-0.2, -0.15) is 0 Å². The second-order valence-corrected chi connectivity index (χ2v) is 8.46. The molecule has 6 nitrogen and oxygen atoms in total. The quantitative estimate of drug-likeness (QED) is 0.659. The monoisotopic (exact) mass is 379 g/mol. The van der Waals surface area contributed by atoms with Gasteiger partial charge in [-0.1, -0.05) is 0 Å². The van der Waals surface area contributed by atoms with Crippen molar-refractivity contribution in [2.24, 2.45) is 11.8 Å². The number of carbonyl (C=O) groups is 2. The molecular formula is C21H37N3O3. The van der Waals surface area contributed by atoms with Crippen LogP contribution in [0.25, 0.3) is 0 Å². The smallest absolute Gasteiger partial charge is 0.320 e. The van der Waals surface area contributed by atoms with Gasteiger partial charge in [-0.25, -0.2) is 4.79 Å². The number of nitrogens with one attached hydrogen (secondary N) is 1. The number of hydrogen-bond acceptors (Lipinski definition) is 4. The molecule has 0 aromatic carbocycles. The van der Waals surface area contributed by atoms with Crippen LogP contribution >= 0.6 is 0 Å². The van der Waals surface area contributed by atoms with Crippen LogP contribution in [-0.4, -0.2) is 67.2 Å². The van der Waals surface area contributed by atoms with E-state index in [4.69, 9.17) is 4.74 Å². The summed E-state index contributed by atoms with van der Waals surface area (Å²) in [4.78, 5) is 28.6. The lowest BCUT2D eigenvalue weighted by molar-refractivity contribution is -0.143. The molecule has 0 radical (unpaired) electrons. The third kappa shape index (κ3) is 5.84. The predicted octanol–water partition coefficient (Wildman–Crippen LogP) is 3.02. The zero-order chi connectivity index (χ0) is 19.1. The number of nitrogens with zero attached hydrogens (tertiary/aromatic N) is 2. The van der Waals surface area contributed by atoms with Gasteiger partial charge in [-0.15, -0.1) is 0 Å². The molecule has 0 spiro atoms. The van der Waals surface area contributed by atoms with E-state index >= 15 is 0 Å². The summed E-state index contributed by atoms with van der Waals surface area (Å²) >= 11 is 0. The van der Waals surface area contributed by atoms with E-state index in [1.807, 2.05) is 6.92 Å². The fourth-order valence-corrected chi connectivity index (χ4v) is 4.96. The summed E-state index contributed by atoms with van der Waals surface area (Å²) in [5.41, 5.74) is 0. The number of piperidine rings is 1. The molecule has 0 aromatic rings. The average Bonchev–Trinajstić information content (AvgIpc) is 3.07. The largest absolute Gasteiger partial charge is 0.466 e. The van der Waals surface area contributed by atoms with Crippen molar-refractivity contribution in [3.8, 4) is 0 Å². The maximum Gasteiger partial charge on any atom is 0.320 e. The van der Waals surface area contributed by atoms with Gasteiger partial charge in [-0.3, -0.25) is 4.79 Å². The molecule has 2 heterocycles. The second-order valence-electron chi connectivity index (χ2n) is 8.46. The molecule has 1 saturated carbocycles. The SMILES string of the molecule is CCOC(=O)CC[C@H]1CC[C@H](N2CCN(CCC3CCNCC3)C2=O)CC1. The van der Waals surface area contributed by atoms with Gasteiger partial charge in [0.1, 0.15) is 0 Å². The Morgan fingerprint density at radius 2 is 1.74 bits per heavy atom. The molecule has 3 fully saturated rings. The van der Waals surface area contributed by atoms with E-state index < -0.39 is 0 Å². The first-order valence-electron chi connectivity index (χ1n) is 11.1. The first-order valence-corrected chi connectivity index (χ1v) is 11.1. The van der Waals surface area contributed by atoms with Crippen LogP contribution in [0.3, 0.4) is 0 Å². The predicted molar refractivity (Wildman–Crippen MR) is 105 cm³/mol. The van der Waals surface area contributed by atoms with Crippen molar-refractivity contribution in [1.82, 2.24) is 15.1 Å². The van der Waals surface area contributed by atoms with Crippen LogP contribution in [0.15, 0.2) is 0 Å². The number of esters is 1. The van der Waals surface area contributed by atoms with Crippen molar-refractivity contribution in [3.63, 3.8) is 0 Å². The van der Waals surface area contributed by atoms with E-state index in [0.717, 1.165) is 77.2 Å². The molecular weight excluding hydrogens is 342 g/mol. The van der Waals surface area contributed by atoms with Gasteiger partial charge < -0.3 is 19.9 Å². The number of hydrogen-bond donors (Lipinski definition) is 1. The molecule has 3 rings (SSSR count). The van der Waals surface area contributed by atoms with E-state index in [-0.39, 0.29) is 12.0 Å². The van der Waals surface area contributed by atoms with Crippen molar-refractivity contribution < 1.29 is 14.3 Å². The highest BCUT2D eigenvalue weighted by atomic mass is 16.5. The number of carbonyl (C=O) groups excluding carboxylic acids is 2. The van der Waals surface area contributed by atoms with Crippen LogP contribution in [0, 0.1) is 11.8 Å². The normalized spacial score (nSPS) is 27.2. The molecule has 0 bridgehead atoms. The summed E-state index contributed by atoms with van der Waals surface area (Å²) in [5.74, 6) is 1.32. The number of urea groups is 1. The molecule has 2 amide bonds. The number of amides is 2. The molecule has 2 aliphatic heterocycles. The fraction of sp³-hybridized carbons (Fsp3) is 0.905. The van der Waals surface area contributed by atoms with Crippen LogP contribution in [0.4, 0.5) is 4.79 Å². The van der Waals surface area contributed by atoms with Crippen molar-refractivity contribution >= 4 is 12.0 Å². The third-order valence-electron chi connectivity index (χ3n) is 6.71. The van der Waals surface area contributed by atoms with E-state index in [1.165, 1.54) is 12.8 Å². The summed E-state index contributed by atoms with van der Waals surface area (Å²) in [6.45, 7) is 7.29. The Kier molecular flexibility index (Phi) is 7.80. The molecule has 0 aromatic heterocycles. The highest BCUT2D eigenvalue weighted by Crippen LogP contribution is 2.32. The van der Waals surface area contributed by atoms with Crippen molar-refractivity contribution in [3.05, 3.63) is 0 Å². The Morgan fingerprint density at radius 3 is 2.44 bits per heavy atom. The molecule has 6 heteroatoms. The summed E-state index contributed by atoms with van der Waals surface area (Å²) in [5, 5.41) is 3.41. The second kappa shape index (κ2) is 10.3. The topological polar surface area (TPSA) is 61.9 Å². The van der Waals surface area contributed by atoms with Gasteiger partial charge in [0.2, 0.25) is 0 Å². The zero-order valence-electron chi connectivity index (χ0n) is 17.0. The molecule has 27 heavy (non-hydrogen) atoms. The zero-order valence-corrected chi connectivity index (χ0v) is 17.0. The van der Waals surface area contributed by atoms with Crippen LogP contribution in [-0.2, 0) is 9.53 Å². The van der Waals surface area contributed by atoms with Gasteiger partial charge in [0.25, 0.3) is 0 Å². The molecule has 2 saturated heterocycles. The van der Waals surface area contributed by atoms with Crippen LogP contribution in [0.1, 0.15) is 64.7 Å². The molecule has 154 valence electrons. The molecule has 0 unspecified atom stereocenters. The number of rotatable bonds is 8. The lowest BCUT2D eigenvalue weighted by atomic mass is 9.83. The minimum Gasteiger partial charge on any atom is -0.466 e. The summed E-state index contributed by atoms with van der Waals surface area (Å²) in [6.07, 6.45) is 9.55. The van der Waals surface area contributed by atoms with Crippen molar-refractivity contribution in [2.75, 3.05) is 39.3 Å². The highest BCUT2D eigenvalue weighted by molar-refractivity contribution is 5.76. The van der Waals surface area contributed by atoms with Crippen LogP contribution < -0.4 is 5.32 Å². The van der Waals surface area contributed by atoms with E-state index in [9.17, 15) is 9.59 Å². The molecule has 0 atom stereocenters. The van der Waals surface area contributed by atoms with Gasteiger partial charge in [0.05, 0.1) is 6.61 Å². The molecule has 3 aliphatic rings. The minimum absolute atomic E-state index is 0.0706. The lowest BCUT2D eigenvalue weighted by Gasteiger charge is -2.34. The Labute approximate surface area is 164 Å². The third-order valence-corrected chi connectivity index (χ3v) is 6.71. The summed E-state index contributed by atoms with van der Waals surface area (Å²) < 4.78 is 5.03.